The SMILES string of the molecule is CCCNC(C)(CC(C)N1CCOC(C)C1)C(=O)O. The van der Waals surface area contributed by atoms with Gasteiger partial charge in [0.05, 0.1) is 12.7 Å². The van der Waals surface area contributed by atoms with Crippen molar-refractivity contribution in [1.82, 2.24) is 10.2 Å². The van der Waals surface area contributed by atoms with Gasteiger partial charge in [-0.2, -0.15) is 0 Å². The highest BCUT2D eigenvalue weighted by Crippen LogP contribution is 2.19. The Balaban J connectivity index is 2.59. The molecule has 0 aromatic rings. The number of carbonyl (C=O) groups is 1. The second kappa shape index (κ2) is 7.22. The molecule has 1 rings (SSSR count). The van der Waals surface area contributed by atoms with Crippen LogP contribution in [0.15, 0.2) is 0 Å². The molecule has 3 unspecified atom stereocenters. The molecule has 1 aliphatic heterocycles. The summed E-state index contributed by atoms with van der Waals surface area (Å²) in [5, 5.41) is 12.6. The summed E-state index contributed by atoms with van der Waals surface area (Å²) in [4.78, 5) is 13.8. The Labute approximate surface area is 116 Å². The summed E-state index contributed by atoms with van der Waals surface area (Å²) in [6, 6.07) is 0.233. The number of aliphatic carboxylic acids is 1. The molecule has 1 heterocycles. The lowest BCUT2D eigenvalue weighted by atomic mass is 9.92. The highest BCUT2D eigenvalue weighted by atomic mass is 16.5. The Morgan fingerprint density at radius 1 is 1.63 bits per heavy atom. The Bertz CT molecular complexity index is 298. The van der Waals surface area contributed by atoms with E-state index in [4.69, 9.17) is 4.74 Å². The molecular weight excluding hydrogens is 244 g/mol. The molecule has 1 saturated heterocycles. The van der Waals surface area contributed by atoms with Gasteiger partial charge >= 0.3 is 5.97 Å². The Morgan fingerprint density at radius 3 is 2.84 bits per heavy atom. The maximum Gasteiger partial charge on any atom is 0.323 e. The van der Waals surface area contributed by atoms with Gasteiger partial charge in [0.1, 0.15) is 5.54 Å². The average molecular weight is 272 g/mol. The Hall–Kier alpha value is -0.650. The van der Waals surface area contributed by atoms with E-state index >= 15 is 0 Å². The molecule has 2 N–H and O–H groups in total. The van der Waals surface area contributed by atoms with Crippen molar-refractivity contribution in [2.75, 3.05) is 26.2 Å². The average Bonchev–Trinajstić information content (AvgIpc) is 2.36. The van der Waals surface area contributed by atoms with Crippen LogP contribution in [0.4, 0.5) is 0 Å². The minimum Gasteiger partial charge on any atom is -0.480 e. The molecule has 0 bridgehead atoms. The standard InChI is InChI=1S/C14H28N2O3/c1-5-6-15-14(4,13(17)18)9-11(2)16-7-8-19-12(3)10-16/h11-12,15H,5-10H2,1-4H3,(H,17,18). The first kappa shape index (κ1) is 16.4. The lowest BCUT2D eigenvalue weighted by Gasteiger charge is -2.39. The summed E-state index contributed by atoms with van der Waals surface area (Å²) in [5.74, 6) is -0.769. The smallest absolute Gasteiger partial charge is 0.323 e. The van der Waals surface area contributed by atoms with E-state index in [1.165, 1.54) is 0 Å². The monoisotopic (exact) mass is 272 g/mol. The number of rotatable bonds is 7. The number of carboxylic acids is 1. The summed E-state index contributed by atoms with van der Waals surface area (Å²) in [7, 11) is 0. The first-order valence-electron chi connectivity index (χ1n) is 7.23. The van der Waals surface area contributed by atoms with Crippen LogP contribution in [0.1, 0.15) is 40.5 Å². The zero-order chi connectivity index (χ0) is 14.5. The summed E-state index contributed by atoms with van der Waals surface area (Å²) in [6.07, 6.45) is 1.77. The van der Waals surface area contributed by atoms with Crippen LogP contribution in [0, 0.1) is 0 Å². The number of hydrogen-bond donors (Lipinski definition) is 2. The number of nitrogens with zero attached hydrogens (tertiary/aromatic N) is 1. The first-order valence-corrected chi connectivity index (χ1v) is 7.23. The molecule has 0 aromatic heterocycles. The zero-order valence-corrected chi connectivity index (χ0v) is 12.6. The number of ether oxygens (including phenoxy) is 1. The third-order valence-corrected chi connectivity index (χ3v) is 3.84. The molecule has 3 atom stereocenters. The third-order valence-electron chi connectivity index (χ3n) is 3.84. The molecular formula is C14H28N2O3. The van der Waals surface area contributed by atoms with Crippen LogP contribution in [0.5, 0.6) is 0 Å². The van der Waals surface area contributed by atoms with Crippen LogP contribution >= 0.6 is 0 Å². The fourth-order valence-corrected chi connectivity index (χ4v) is 2.60. The van der Waals surface area contributed by atoms with E-state index in [1.807, 2.05) is 6.92 Å². The van der Waals surface area contributed by atoms with Crippen molar-refractivity contribution in [2.24, 2.45) is 0 Å². The lowest BCUT2D eigenvalue weighted by Crippen LogP contribution is -2.55. The van der Waals surface area contributed by atoms with Crippen LogP contribution < -0.4 is 5.32 Å². The second-order valence-corrected chi connectivity index (χ2v) is 5.79. The molecule has 0 aliphatic carbocycles. The van der Waals surface area contributed by atoms with Crippen LogP contribution in [-0.2, 0) is 9.53 Å². The van der Waals surface area contributed by atoms with E-state index in [-0.39, 0.29) is 12.1 Å². The molecule has 0 saturated carbocycles. The molecule has 0 radical (unpaired) electrons. The van der Waals surface area contributed by atoms with E-state index in [0.29, 0.717) is 6.42 Å². The molecule has 1 aliphatic rings. The lowest BCUT2D eigenvalue weighted by molar-refractivity contribution is -0.145. The summed E-state index contributed by atoms with van der Waals surface area (Å²) in [6.45, 7) is 11.2. The van der Waals surface area contributed by atoms with E-state index < -0.39 is 11.5 Å². The minimum atomic E-state index is -0.850. The molecule has 112 valence electrons. The van der Waals surface area contributed by atoms with Crippen molar-refractivity contribution in [1.29, 1.82) is 0 Å². The highest BCUT2D eigenvalue weighted by Gasteiger charge is 2.36. The van der Waals surface area contributed by atoms with Gasteiger partial charge in [-0.15, -0.1) is 0 Å². The van der Waals surface area contributed by atoms with Gasteiger partial charge in [0, 0.05) is 19.1 Å². The van der Waals surface area contributed by atoms with Crippen molar-refractivity contribution < 1.29 is 14.6 Å². The first-order chi connectivity index (χ1) is 8.89. The number of hydrogen-bond acceptors (Lipinski definition) is 4. The Kier molecular flexibility index (Phi) is 6.23. The zero-order valence-electron chi connectivity index (χ0n) is 12.6. The maximum atomic E-state index is 11.5. The second-order valence-electron chi connectivity index (χ2n) is 5.79. The van der Waals surface area contributed by atoms with Crippen molar-refractivity contribution in [2.45, 2.75) is 58.2 Å². The van der Waals surface area contributed by atoms with E-state index in [9.17, 15) is 9.90 Å². The van der Waals surface area contributed by atoms with Crippen molar-refractivity contribution in [3.05, 3.63) is 0 Å². The van der Waals surface area contributed by atoms with Gasteiger partial charge in [0.2, 0.25) is 0 Å². The highest BCUT2D eigenvalue weighted by molar-refractivity contribution is 5.78. The van der Waals surface area contributed by atoms with Crippen LogP contribution in [0.2, 0.25) is 0 Å². The van der Waals surface area contributed by atoms with Crippen LogP contribution in [-0.4, -0.2) is 59.9 Å². The fourth-order valence-electron chi connectivity index (χ4n) is 2.60. The van der Waals surface area contributed by atoms with Gasteiger partial charge in [-0.05, 0) is 40.2 Å². The van der Waals surface area contributed by atoms with Crippen molar-refractivity contribution >= 4 is 5.97 Å². The Morgan fingerprint density at radius 2 is 2.32 bits per heavy atom. The summed E-state index contributed by atoms with van der Waals surface area (Å²) in [5.41, 5.74) is -0.850. The fraction of sp³-hybridized carbons (Fsp3) is 0.929. The van der Waals surface area contributed by atoms with Gasteiger partial charge in [0.25, 0.3) is 0 Å². The van der Waals surface area contributed by atoms with E-state index in [1.54, 1.807) is 6.92 Å². The van der Waals surface area contributed by atoms with E-state index in [0.717, 1.165) is 32.7 Å². The number of carboxylic acid groups (broad SMARTS) is 1. The van der Waals surface area contributed by atoms with Crippen LogP contribution in [0.3, 0.4) is 0 Å². The van der Waals surface area contributed by atoms with Gasteiger partial charge in [0.15, 0.2) is 0 Å². The van der Waals surface area contributed by atoms with Gasteiger partial charge in [-0.25, -0.2) is 0 Å². The predicted octanol–water partition coefficient (Wildman–Crippen LogP) is 1.33. The molecule has 0 aromatic carbocycles. The predicted molar refractivity (Wildman–Crippen MR) is 75.4 cm³/mol. The quantitative estimate of drug-likeness (QED) is 0.732. The van der Waals surface area contributed by atoms with Gasteiger partial charge in [-0.3, -0.25) is 9.69 Å². The molecule has 0 amide bonds. The van der Waals surface area contributed by atoms with Gasteiger partial charge in [-0.1, -0.05) is 6.92 Å². The molecule has 5 heteroatoms. The minimum absolute atomic E-state index is 0.232. The van der Waals surface area contributed by atoms with Crippen molar-refractivity contribution in [3.63, 3.8) is 0 Å². The normalized spacial score (nSPS) is 25.8. The summed E-state index contributed by atoms with van der Waals surface area (Å²) < 4.78 is 5.53. The molecule has 5 nitrogen and oxygen atoms in total. The molecule has 19 heavy (non-hydrogen) atoms. The topological polar surface area (TPSA) is 61.8 Å². The third kappa shape index (κ3) is 4.75. The largest absolute Gasteiger partial charge is 0.480 e. The van der Waals surface area contributed by atoms with Gasteiger partial charge < -0.3 is 15.2 Å². The summed E-state index contributed by atoms with van der Waals surface area (Å²) >= 11 is 0. The van der Waals surface area contributed by atoms with Crippen molar-refractivity contribution in [3.8, 4) is 0 Å². The number of morpholine rings is 1. The molecule has 0 spiro atoms. The molecule has 1 fully saturated rings. The van der Waals surface area contributed by atoms with Crippen LogP contribution in [0.25, 0.3) is 0 Å². The maximum absolute atomic E-state index is 11.5. The van der Waals surface area contributed by atoms with E-state index in [2.05, 4.69) is 24.1 Å². The number of nitrogens with one attached hydrogen (secondary N) is 1.